The summed E-state index contributed by atoms with van der Waals surface area (Å²) in [6.45, 7) is 6.87. The summed E-state index contributed by atoms with van der Waals surface area (Å²) >= 11 is 1.21. The van der Waals surface area contributed by atoms with Crippen molar-refractivity contribution in [3.63, 3.8) is 0 Å². The molecule has 0 fully saturated rings. The Hall–Kier alpha value is -3.86. The van der Waals surface area contributed by atoms with E-state index >= 15 is 0 Å². The Morgan fingerprint density at radius 1 is 1.00 bits per heavy atom. The zero-order chi connectivity index (χ0) is 24.1. The standard InChI is InChI=1S/C23H25N5O5S/c1-5-31-17-12-15(13-18(32-6-2)19(17)33-7-3)21(29)24-22-27-28-20(25-26-23(28)34-22)14-9-8-10-16(11-14)30-4/h8-13H,5-7H2,1-4H3,(H,24,27,29). The first-order valence-electron chi connectivity index (χ1n) is 10.8. The molecule has 0 saturated carbocycles. The van der Waals surface area contributed by atoms with Gasteiger partial charge in [-0.25, -0.2) is 0 Å². The van der Waals surface area contributed by atoms with Crippen LogP contribution < -0.4 is 24.3 Å². The molecule has 0 saturated heterocycles. The normalized spacial score (nSPS) is 10.8. The lowest BCUT2D eigenvalue weighted by molar-refractivity contribution is 0.102. The van der Waals surface area contributed by atoms with Crippen LogP contribution in [-0.4, -0.2) is 52.6 Å². The van der Waals surface area contributed by atoms with E-state index in [1.165, 1.54) is 11.3 Å². The van der Waals surface area contributed by atoms with Gasteiger partial charge in [0.05, 0.1) is 26.9 Å². The van der Waals surface area contributed by atoms with Crippen LogP contribution in [-0.2, 0) is 0 Å². The maximum Gasteiger partial charge on any atom is 0.257 e. The predicted octanol–water partition coefficient (Wildman–Crippen LogP) is 4.31. The molecule has 0 radical (unpaired) electrons. The number of nitrogens with one attached hydrogen (secondary N) is 1. The van der Waals surface area contributed by atoms with Crippen LogP contribution in [0.4, 0.5) is 5.13 Å². The van der Waals surface area contributed by atoms with Gasteiger partial charge in [0.2, 0.25) is 15.8 Å². The van der Waals surface area contributed by atoms with Gasteiger partial charge in [-0.1, -0.05) is 23.5 Å². The zero-order valence-electron chi connectivity index (χ0n) is 19.3. The zero-order valence-corrected chi connectivity index (χ0v) is 20.1. The predicted molar refractivity (Wildman–Crippen MR) is 129 cm³/mol. The van der Waals surface area contributed by atoms with Crippen LogP contribution in [0, 0.1) is 0 Å². The molecule has 178 valence electrons. The van der Waals surface area contributed by atoms with Gasteiger partial charge >= 0.3 is 0 Å². The van der Waals surface area contributed by atoms with E-state index < -0.39 is 0 Å². The van der Waals surface area contributed by atoms with E-state index in [9.17, 15) is 4.79 Å². The number of nitrogens with zero attached hydrogens (tertiary/aromatic N) is 4. The fourth-order valence-electron chi connectivity index (χ4n) is 3.30. The Morgan fingerprint density at radius 3 is 2.35 bits per heavy atom. The van der Waals surface area contributed by atoms with Crippen molar-refractivity contribution >= 4 is 27.3 Å². The van der Waals surface area contributed by atoms with E-state index in [0.29, 0.717) is 64.3 Å². The second-order valence-corrected chi connectivity index (χ2v) is 7.87. The Labute approximate surface area is 200 Å². The first-order chi connectivity index (χ1) is 16.6. The van der Waals surface area contributed by atoms with E-state index in [-0.39, 0.29) is 5.91 Å². The second kappa shape index (κ2) is 10.4. The number of ether oxygens (including phenoxy) is 4. The first-order valence-corrected chi connectivity index (χ1v) is 11.6. The Kier molecular flexibility index (Phi) is 7.12. The van der Waals surface area contributed by atoms with Gasteiger partial charge in [-0.2, -0.15) is 4.52 Å². The summed E-state index contributed by atoms with van der Waals surface area (Å²) < 4.78 is 24.0. The van der Waals surface area contributed by atoms with Crippen LogP contribution in [0.5, 0.6) is 23.0 Å². The molecule has 2 aromatic carbocycles. The smallest absolute Gasteiger partial charge is 0.257 e. The second-order valence-electron chi connectivity index (χ2n) is 6.91. The first kappa shape index (κ1) is 23.3. The summed E-state index contributed by atoms with van der Waals surface area (Å²) in [6, 6.07) is 10.7. The summed E-state index contributed by atoms with van der Waals surface area (Å²) in [5, 5.41) is 16.1. The Bertz CT molecular complexity index is 1280. The summed E-state index contributed by atoms with van der Waals surface area (Å²) in [5.74, 6) is 2.24. The molecule has 4 rings (SSSR count). The number of aromatic nitrogens is 4. The highest BCUT2D eigenvalue weighted by Crippen LogP contribution is 2.39. The van der Waals surface area contributed by atoms with Crippen LogP contribution in [0.15, 0.2) is 36.4 Å². The number of carbonyl (C=O) groups is 1. The van der Waals surface area contributed by atoms with Crippen molar-refractivity contribution in [2.24, 2.45) is 0 Å². The number of amides is 1. The van der Waals surface area contributed by atoms with E-state index in [1.807, 2.05) is 45.0 Å². The average Bonchev–Trinajstić information content (AvgIpc) is 3.41. The minimum absolute atomic E-state index is 0.356. The summed E-state index contributed by atoms with van der Waals surface area (Å²) in [4.78, 5) is 13.6. The molecule has 2 aromatic heterocycles. The number of benzene rings is 2. The number of hydrogen-bond acceptors (Lipinski definition) is 9. The number of rotatable bonds is 10. The van der Waals surface area contributed by atoms with Gasteiger partial charge in [0.15, 0.2) is 17.3 Å². The highest BCUT2D eigenvalue weighted by molar-refractivity contribution is 7.20. The fourth-order valence-corrected chi connectivity index (χ4v) is 4.03. The topological polar surface area (TPSA) is 109 Å². The van der Waals surface area contributed by atoms with E-state index in [1.54, 1.807) is 23.8 Å². The van der Waals surface area contributed by atoms with Gasteiger partial charge in [0, 0.05) is 11.1 Å². The molecule has 1 amide bonds. The summed E-state index contributed by atoms with van der Waals surface area (Å²) in [6.07, 6.45) is 0. The summed E-state index contributed by atoms with van der Waals surface area (Å²) in [5.41, 5.74) is 1.15. The molecule has 11 heteroatoms. The molecule has 0 aliphatic carbocycles. The van der Waals surface area contributed by atoms with Gasteiger partial charge in [0.25, 0.3) is 5.91 Å². The largest absolute Gasteiger partial charge is 0.497 e. The lowest BCUT2D eigenvalue weighted by Crippen LogP contribution is -2.13. The average molecular weight is 484 g/mol. The highest BCUT2D eigenvalue weighted by atomic mass is 32.1. The molecule has 0 aliphatic rings. The van der Waals surface area contributed by atoms with E-state index in [4.69, 9.17) is 18.9 Å². The molecule has 2 heterocycles. The van der Waals surface area contributed by atoms with Crippen molar-refractivity contribution in [1.82, 2.24) is 19.8 Å². The van der Waals surface area contributed by atoms with Crippen LogP contribution in [0.25, 0.3) is 16.3 Å². The lowest BCUT2D eigenvalue weighted by atomic mass is 10.1. The Morgan fingerprint density at radius 2 is 1.71 bits per heavy atom. The third-order valence-electron chi connectivity index (χ3n) is 4.71. The van der Waals surface area contributed by atoms with Crippen molar-refractivity contribution in [2.75, 3.05) is 32.2 Å². The van der Waals surface area contributed by atoms with Gasteiger partial charge in [-0.15, -0.1) is 15.3 Å². The molecule has 1 N–H and O–H groups in total. The van der Waals surface area contributed by atoms with Crippen LogP contribution >= 0.6 is 11.3 Å². The molecule has 0 spiro atoms. The molecule has 34 heavy (non-hydrogen) atoms. The van der Waals surface area contributed by atoms with E-state index in [2.05, 4.69) is 20.6 Å². The minimum atomic E-state index is -0.363. The molecule has 0 unspecified atom stereocenters. The molecule has 10 nitrogen and oxygen atoms in total. The number of hydrogen-bond donors (Lipinski definition) is 1. The van der Waals surface area contributed by atoms with Gasteiger partial charge in [-0.05, 0) is 45.0 Å². The Balaban J connectivity index is 1.63. The third-order valence-corrected chi connectivity index (χ3v) is 5.52. The van der Waals surface area contributed by atoms with Crippen molar-refractivity contribution in [2.45, 2.75) is 20.8 Å². The molecule has 0 atom stereocenters. The van der Waals surface area contributed by atoms with E-state index in [0.717, 1.165) is 5.56 Å². The van der Waals surface area contributed by atoms with Gasteiger partial charge in [0.1, 0.15) is 5.75 Å². The molecule has 0 bridgehead atoms. The number of fused-ring (bicyclic) bond motifs is 1. The number of methoxy groups -OCH3 is 1. The van der Waals surface area contributed by atoms with Crippen LogP contribution in [0.3, 0.4) is 0 Å². The van der Waals surface area contributed by atoms with Gasteiger partial charge < -0.3 is 18.9 Å². The number of anilines is 1. The number of carbonyl (C=O) groups excluding carboxylic acids is 1. The third kappa shape index (κ3) is 4.74. The highest BCUT2D eigenvalue weighted by Gasteiger charge is 2.20. The SMILES string of the molecule is CCOc1cc(C(=O)Nc2nn3c(-c4cccc(OC)c4)nnc3s2)cc(OCC)c1OCC. The van der Waals surface area contributed by atoms with Crippen molar-refractivity contribution in [3.05, 3.63) is 42.0 Å². The molecular formula is C23H25N5O5S. The van der Waals surface area contributed by atoms with Crippen molar-refractivity contribution in [1.29, 1.82) is 0 Å². The van der Waals surface area contributed by atoms with Crippen LogP contribution in [0.1, 0.15) is 31.1 Å². The van der Waals surface area contributed by atoms with Crippen molar-refractivity contribution in [3.8, 4) is 34.4 Å². The quantitative estimate of drug-likeness (QED) is 0.355. The van der Waals surface area contributed by atoms with Crippen molar-refractivity contribution < 1.29 is 23.7 Å². The maximum atomic E-state index is 13.1. The van der Waals surface area contributed by atoms with Gasteiger partial charge in [-0.3, -0.25) is 10.1 Å². The molecule has 0 aliphatic heterocycles. The molecular weight excluding hydrogens is 458 g/mol. The minimum Gasteiger partial charge on any atom is -0.497 e. The lowest BCUT2D eigenvalue weighted by Gasteiger charge is -2.16. The van der Waals surface area contributed by atoms with Crippen LogP contribution in [0.2, 0.25) is 0 Å². The fraction of sp³-hybridized carbons (Fsp3) is 0.304. The maximum absolute atomic E-state index is 13.1. The summed E-state index contributed by atoms with van der Waals surface area (Å²) in [7, 11) is 1.60. The molecule has 4 aromatic rings. The monoisotopic (exact) mass is 483 g/mol.